The first-order valence-corrected chi connectivity index (χ1v) is 5.38. The molecular weight excluding hydrogens is 226 g/mol. The molecule has 1 saturated carbocycles. The van der Waals surface area contributed by atoms with Crippen LogP contribution in [-0.4, -0.2) is 0 Å². The van der Waals surface area contributed by atoms with E-state index < -0.39 is 0 Å². The highest BCUT2D eigenvalue weighted by Crippen LogP contribution is 2.44. The maximum atomic E-state index is 6.13. The zero-order valence-electron chi connectivity index (χ0n) is 8.02. The lowest BCUT2D eigenvalue weighted by atomic mass is 10.0. The van der Waals surface area contributed by atoms with Crippen LogP contribution >= 0.6 is 15.9 Å². The lowest BCUT2D eigenvalue weighted by Crippen LogP contribution is -2.18. The minimum atomic E-state index is -0.0129. The number of nitrogens with two attached hydrogens (primary N) is 1. The number of rotatable bonds is 1. The van der Waals surface area contributed by atoms with E-state index in [9.17, 15) is 0 Å². The van der Waals surface area contributed by atoms with E-state index in [0.717, 1.165) is 12.8 Å². The Morgan fingerprint density at radius 3 is 2.38 bits per heavy atom. The second-order valence-corrected chi connectivity index (χ2v) is 4.91. The standard InChI is InChI=1S/C11H14BrN/c1-7-5-9(11(13)3-4-11)6-10(12)8(7)2/h5-6H,3-4,13H2,1-2H3. The first kappa shape index (κ1) is 9.22. The molecule has 1 aliphatic carbocycles. The monoisotopic (exact) mass is 239 g/mol. The van der Waals surface area contributed by atoms with Gasteiger partial charge in [0.05, 0.1) is 0 Å². The SMILES string of the molecule is Cc1cc(C2(N)CC2)cc(Br)c1C. The predicted octanol–water partition coefficient (Wildman–Crippen LogP) is 3.01. The Labute approximate surface area is 87.5 Å². The molecule has 1 aromatic rings. The quantitative estimate of drug-likeness (QED) is 0.802. The molecule has 0 atom stereocenters. The van der Waals surface area contributed by atoms with E-state index in [2.05, 4.69) is 41.9 Å². The van der Waals surface area contributed by atoms with Crippen molar-refractivity contribution in [2.45, 2.75) is 32.2 Å². The topological polar surface area (TPSA) is 26.0 Å². The lowest BCUT2D eigenvalue weighted by molar-refractivity contribution is 0.738. The fourth-order valence-electron chi connectivity index (χ4n) is 1.53. The summed E-state index contributed by atoms with van der Waals surface area (Å²) in [6.45, 7) is 4.26. The Balaban J connectivity index is 2.50. The Hall–Kier alpha value is -0.340. The molecule has 0 radical (unpaired) electrons. The summed E-state index contributed by atoms with van der Waals surface area (Å²) in [6.07, 6.45) is 2.25. The largest absolute Gasteiger partial charge is 0.321 e. The zero-order chi connectivity index (χ0) is 9.64. The van der Waals surface area contributed by atoms with Gasteiger partial charge in [0.1, 0.15) is 0 Å². The Kier molecular flexibility index (Phi) is 2.00. The van der Waals surface area contributed by atoms with Gasteiger partial charge in [-0.1, -0.05) is 22.0 Å². The van der Waals surface area contributed by atoms with Crippen LogP contribution in [0.15, 0.2) is 16.6 Å². The van der Waals surface area contributed by atoms with Crippen molar-refractivity contribution in [1.82, 2.24) is 0 Å². The van der Waals surface area contributed by atoms with Crippen LogP contribution in [0.25, 0.3) is 0 Å². The summed E-state index contributed by atoms with van der Waals surface area (Å²) in [5, 5.41) is 0. The van der Waals surface area contributed by atoms with Crippen molar-refractivity contribution in [3.05, 3.63) is 33.3 Å². The number of benzene rings is 1. The van der Waals surface area contributed by atoms with Crippen molar-refractivity contribution in [3.8, 4) is 0 Å². The van der Waals surface area contributed by atoms with Gasteiger partial charge in [0, 0.05) is 10.0 Å². The molecule has 1 aromatic carbocycles. The van der Waals surface area contributed by atoms with E-state index in [4.69, 9.17) is 5.73 Å². The third kappa shape index (κ3) is 1.53. The van der Waals surface area contributed by atoms with Crippen molar-refractivity contribution in [1.29, 1.82) is 0 Å². The van der Waals surface area contributed by atoms with Gasteiger partial charge in [0.15, 0.2) is 0 Å². The normalized spacial score (nSPS) is 18.8. The maximum absolute atomic E-state index is 6.13. The van der Waals surface area contributed by atoms with Crippen LogP contribution in [0.5, 0.6) is 0 Å². The summed E-state index contributed by atoms with van der Waals surface area (Å²) < 4.78 is 1.18. The molecule has 2 heteroatoms. The van der Waals surface area contributed by atoms with Crippen LogP contribution in [0.2, 0.25) is 0 Å². The molecule has 0 amide bonds. The fourth-order valence-corrected chi connectivity index (χ4v) is 2.09. The fraction of sp³-hybridized carbons (Fsp3) is 0.455. The van der Waals surface area contributed by atoms with Crippen molar-refractivity contribution in [2.75, 3.05) is 0 Å². The van der Waals surface area contributed by atoms with Gasteiger partial charge in [0.2, 0.25) is 0 Å². The predicted molar refractivity (Wildman–Crippen MR) is 58.7 cm³/mol. The average molecular weight is 240 g/mol. The van der Waals surface area contributed by atoms with Crippen molar-refractivity contribution >= 4 is 15.9 Å². The molecule has 0 unspecified atom stereocenters. The highest BCUT2D eigenvalue weighted by molar-refractivity contribution is 9.10. The number of hydrogen-bond donors (Lipinski definition) is 1. The molecule has 1 aliphatic rings. The molecule has 1 nitrogen and oxygen atoms in total. The highest BCUT2D eigenvalue weighted by atomic mass is 79.9. The second kappa shape index (κ2) is 2.82. The van der Waals surface area contributed by atoms with E-state index in [1.807, 2.05) is 0 Å². The first-order valence-electron chi connectivity index (χ1n) is 4.59. The van der Waals surface area contributed by atoms with Crippen LogP contribution in [0.3, 0.4) is 0 Å². The molecular formula is C11H14BrN. The molecule has 0 spiro atoms. The van der Waals surface area contributed by atoms with Crippen molar-refractivity contribution in [2.24, 2.45) is 5.73 Å². The molecule has 0 saturated heterocycles. The van der Waals surface area contributed by atoms with Gasteiger partial charge < -0.3 is 5.73 Å². The van der Waals surface area contributed by atoms with E-state index in [-0.39, 0.29) is 5.54 Å². The molecule has 2 N–H and O–H groups in total. The summed E-state index contributed by atoms with van der Waals surface area (Å²) >= 11 is 3.56. The number of hydrogen-bond acceptors (Lipinski definition) is 1. The molecule has 0 bridgehead atoms. The molecule has 2 rings (SSSR count). The molecule has 0 heterocycles. The molecule has 0 aromatic heterocycles. The summed E-state index contributed by atoms with van der Waals surface area (Å²) in [5.41, 5.74) is 10.0. The molecule has 0 aliphatic heterocycles. The Morgan fingerprint density at radius 2 is 1.92 bits per heavy atom. The number of halogens is 1. The van der Waals surface area contributed by atoms with Crippen LogP contribution in [-0.2, 0) is 5.54 Å². The van der Waals surface area contributed by atoms with E-state index >= 15 is 0 Å². The maximum Gasteiger partial charge on any atom is 0.0411 e. The summed E-state index contributed by atoms with van der Waals surface area (Å²) in [4.78, 5) is 0. The Morgan fingerprint density at radius 1 is 1.31 bits per heavy atom. The van der Waals surface area contributed by atoms with E-state index in [1.54, 1.807) is 0 Å². The Bertz CT molecular complexity index is 330. The molecule has 70 valence electrons. The van der Waals surface area contributed by atoms with E-state index in [0.29, 0.717) is 0 Å². The summed E-state index contributed by atoms with van der Waals surface area (Å²) in [7, 11) is 0. The van der Waals surface area contributed by atoms with Gasteiger partial charge in [-0.25, -0.2) is 0 Å². The molecule has 13 heavy (non-hydrogen) atoms. The summed E-state index contributed by atoms with van der Waals surface area (Å²) in [5.74, 6) is 0. The van der Waals surface area contributed by atoms with Gasteiger partial charge in [-0.15, -0.1) is 0 Å². The average Bonchev–Trinajstić information content (AvgIpc) is 2.80. The minimum Gasteiger partial charge on any atom is -0.321 e. The van der Waals surface area contributed by atoms with Crippen LogP contribution in [0.1, 0.15) is 29.5 Å². The second-order valence-electron chi connectivity index (χ2n) is 4.06. The third-order valence-electron chi connectivity index (χ3n) is 2.97. The zero-order valence-corrected chi connectivity index (χ0v) is 9.61. The van der Waals surface area contributed by atoms with Gasteiger partial charge in [-0.3, -0.25) is 0 Å². The minimum absolute atomic E-state index is 0.0129. The van der Waals surface area contributed by atoms with Gasteiger partial charge in [-0.05, 0) is 49.4 Å². The third-order valence-corrected chi connectivity index (χ3v) is 3.79. The van der Waals surface area contributed by atoms with Gasteiger partial charge in [-0.2, -0.15) is 0 Å². The van der Waals surface area contributed by atoms with Gasteiger partial charge >= 0.3 is 0 Å². The smallest absolute Gasteiger partial charge is 0.0411 e. The van der Waals surface area contributed by atoms with Crippen LogP contribution < -0.4 is 5.73 Å². The number of aryl methyl sites for hydroxylation is 1. The van der Waals surface area contributed by atoms with E-state index in [1.165, 1.54) is 21.2 Å². The van der Waals surface area contributed by atoms with Crippen molar-refractivity contribution < 1.29 is 0 Å². The molecule has 1 fully saturated rings. The lowest BCUT2D eigenvalue weighted by Gasteiger charge is -2.12. The van der Waals surface area contributed by atoms with Crippen LogP contribution in [0, 0.1) is 13.8 Å². The summed E-state index contributed by atoms with van der Waals surface area (Å²) in [6, 6.07) is 4.38. The van der Waals surface area contributed by atoms with Crippen molar-refractivity contribution in [3.63, 3.8) is 0 Å². The van der Waals surface area contributed by atoms with Gasteiger partial charge in [0.25, 0.3) is 0 Å². The highest BCUT2D eigenvalue weighted by Gasteiger charge is 2.40. The van der Waals surface area contributed by atoms with Crippen LogP contribution in [0.4, 0.5) is 0 Å². The first-order chi connectivity index (χ1) is 6.03.